The Morgan fingerprint density at radius 2 is 1.96 bits per heavy atom. The van der Waals surface area contributed by atoms with Gasteiger partial charge in [-0.2, -0.15) is 0 Å². The molecule has 2 aromatic carbocycles. The molecule has 1 unspecified atom stereocenters. The molecule has 1 saturated heterocycles. The van der Waals surface area contributed by atoms with Gasteiger partial charge in [0.05, 0.1) is 6.61 Å². The lowest BCUT2D eigenvalue weighted by molar-refractivity contribution is -0.0687. The third kappa shape index (κ3) is 4.66. The average molecular weight is 340 g/mol. The first kappa shape index (κ1) is 17.6. The monoisotopic (exact) mass is 340 g/mol. The third-order valence-corrected chi connectivity index (χ3v) is 4.56. The van der Waals surface area contributed by atoms with Crippen LogP contribution in [0.15, 0.2) is 54.6 Å². The molecule has 5 nitrogen and oxygen atoms in total. The van der Waals surface area contributed by atoms with Crippen molar-refractivity contribution < 1.29 is 15.0 Å². The van der Waals surface area contributed by atoms with Crippen LogP contribution in [0.1, 0.15) is 28.8 Å². The van der Waals surface area contributed by atoms with Crippen LogP contribution >= 0.6 is 0 Å². The van der Waals surface area contributed by atoms with E-state index in [4.69, 9.17) is 0 Å². The zero-order valence-electron chi connectivity index (χ0n) is 14.2. The number of aliphatic hydroxyl groups is 2. The van der Waals surface area contributed by atoms with Gasteiger partial charge in [0.2, 0.25) is 0 Å². The fourth-order valence-electron chi connectivity index (χ4n) is 3.26. The number of carbonyl (C=O) groups is 1. The van der Waals surface area contributed by atoms with Gasteiger partial charge in [-0.05, 0) is 49.2 Å². The molecule has 1 fully saturated rings. The van der Waals surface area contributed by atoms with E-state index in [2.05, 4.69) is 10.2 Å². The van der Waals surface area contributed by atoms with E-state index in [-0.39, 0.29) is 12.5 Å². The van der Waals surface area contributed by atoms with Gasteiger partial charge in [-0.15, -0.1) is 0 Å². The quantitative estimate of drug-likeness (QED) is 0.781. The van der Waals surface area contributed by atoms with Crippen LogP contribution in [0, 0.1) is 0 Å². The number of hydrogen-bond acceptors (Lipinski definition) is 4. The van der Waals surface area contributed by atoms with Gasteiger partial charge in [0.15, 0.2) is 0 Å². The Morgan fingerprint density at radius 3 is 2.72 bits per heavy atom. The number of para-hydroxylation sites is 1. The molecule has 3 N–H and O–H groups in total. The summed E-state index contributed by atoms with van der Waals surface area (Å²) in [5.74, 6) is -0.140. The molecule has 1 heterocycles. The van der Waals surface area contributed by atoms with E-state index >= 15 is 0 Å². The summed E-state index contributed by atoms with van der Waals surface area (Å²) in [6.07, 6.45) is 1.48. The highest BCUT2D eigenvalue weighted by molar-refractivity contribution is 6.04. The minimum absolute atomic E-state index is 0.140. The summed E-state index contributed by atoms with van der Waals surface area (Å²) in [7, 11) is 0. The van der Waals surface area contributed by atoms with Gasteiger partial charge in [0.1, 0.15) is 5.60 Å². The second kappa shape index (κ2) is 7.78. The smallest absolute Gasteiger partial charge is 0.255 e. The topological polar surface area (TPSA) is 72.8 Å². The molecule has 0 saturated carbocycles. The first-order valence-corrected chi connectivity index (χ1v) is 8.59. The van der Waals surface area contributed by atoms with Gasteiger partial charge < -0.3 is 15.5 Å². The fraction of sp³-hybridized carbons (Fsp3) is 0.350. The number of aliphatic hydroxyl groups excluding tert-OH is 1. The highest BCUT2D eigenvalue weighted by atomic mass is 16.3. The highest BCUT2D eigenvalue weighted by Crippen LogP contribution is 2.22. The lowest BCUT2D eigenvalue weighted by atomic mass is 9.93. The summed E-state index contributed by atoms with van der Waals surface area (Å²) in [6.45, 7) is 1.75. The van der Waals surface area contributed by atoms with Crippen LogP contribution in [-0.4, -0.2) is 46.3 Å². The van der Waals surface area contributed by atoms with E-state index in [0.717, 1.165) is 24.2 Å². The zero-order valence-corrected chi connectivity index (χ0v) is 14.2. The molecule has 25 heavy (non-hydrogen) atoms. The summed E-state index contributed by atoms with van der Waals surface area (Å²) in [5.41, 5.74) is 1.38. The van der Waals surface area contributed by atoms with Gasteiger partial charge in [0.25, 0.3) is 5.91 Å². The first-order chi connectivity index (χ1) is 12.1. The number of nitrogens with one attached hydrogen (secondary N) is 1. The van der Waals surface area contributed by atoms with Crippen molar-refractivity contribution in [1.29, 1.82) is 0 Å². The van der Waals surface area contributed by atoms with Crippen LogP contribution < -0.4 is 5.32 Å². The van der Waals surface area contributed by atoms with E-state index in [1.807, 2.05) is 48.5 Å². The molecule has 0 bridgehead atoms. The Bertz CT molecular complexity index is 720. The minimum atomic E-state index is -1.01. The van der Waals surface area contributed by atoms with Gasteiger partial charge in [-0.3, -0.25) is 9.69 Å². The largest absolute Gasteiger partial charge is 0.393 e. The molecule has 1 amide bonds. The summed E-state index contributed by atoms with van der Waals surface area (Å²) in [5, 5.41) is 22.5. The average Bonchev–Trinajstić information content (AvgIpc) is 2.63. The number of benzene rings is 2. The van der Waals surface area contributed by atoms with Crippen molar-refractivity contribution in [1.82, 2.24) is 4.90 Å². The third-order valence-electron chi connectivity index (χ3n) is 4.56. The van der Waals surface area contributed by atoms with Crippen LogP contribution in [0.3, 0.4) is 0 Å². The Kier molecular flexibility index (Phi) is 5.48. The van der Waals surface area contributed by atoms with E-state index < -0.39 is 5.60 Å². The lowest BCUT2D eigenvalue weighted by Gasteiger charge is -2.38. The second-order valence-electron chi connectivity index (χ2n) is 6.72. The number of rotatable bonds is 5. The number of hydrogen-bond donors (Lipinski definition) is 3. The molecule has 5 heteroatoms. The number of amides is 1. The van der Waals surface area contributed by atoms with Crippen LogP contribution in [0.5, 0.6) is 0 Å². The Hall–Kier alpha value is -2.21. The molecular weight excluding hydrogens is 316 g/mol. The zero-order chi connectivity index (χ0) is 17.7. The number of carbonyl (C=O) groups excluding carboxylic acids is 1. The number of piperidine rings is 1. The number of β-amino-alcohol motifs (C(OH)–C–C–N with tert-alkyl or cyclic N) is 1. The van der Waals surface area contributed by atoms with Crippen molar-refractivity contribution in [3.8, 4) is 0 Å². The van der Waals surface area contributed by atoms with E-state index in [9.17, 15) is 15.0 Å². The predicted octanol–water partition coefficient (Wildman–Crippen LogP) is 2.26. The van der Waals surface area contributed by atoms with E-state index in [0.29, 0.717) is 25.1 Å². The fourth-order valence-corrected chi connectivity index (χ4v) is 3.26. The maximum absolute atomic E-state index is 12.4. The molecular formula is C20H24N2O3. The standard InChI is InChI=1S/C20H24N2O3/c23-15-20(25)10-5-11-22(14-20)13-16-6-4-7-17(12-16)19(24)21-18-8-2-1-3-9-18/h1-4,6-9,12,23,25H,5,10-11,13-15H2,(H,21,24). The Balaban J connectivity index is 1.66. The van der Waals surface area contributed by atoms with Crippen LogP contribution in [0.4, 0.5) is 5.69 Å². The van der Waals surface area contributed by atoms with E-state index in [1.165, 1.54) is 0 Å². The van der Waals surface area contributed by atoms with Crippen LogP contribution in [-0.2, 0) is 6.54 Å². The van der Waals surface area contributed by atoms with Crippen molar-refractivity contribution in [3.05, 3.63) is 65.7 Å². The van der Waals surface area contributed by atoms with Gasteiger partial charge in [0, 0.05) is 24.3 Å². The summed E-state index contributed by atoms with van der Waals surface area (Å²) in [6, 6.07) is 16.9. The van der Waals surface area contributed by atoms with Crippen LogP contribution in [0.25, 0.3) is 0 Å². The van der Waals surface area contributed by atoms with Crippen molar-refractivity contribution in [2.45, 2.75) is 25.0 Å². The lowest BCUT2D eigenvalue weighted by Crippen LogP contribution is -2.50. The van der Waals surface area contributed by atoms with Crippen LogP contribution in [0.2, 0.25) is 0 Å². The molecule has 1 aliphatic rings. The summed E-state index contributed by atoms with van der Waals surface area (Å²) >= 11 is 0. The maximum atomic E-state index is 12.4. The highest BCUT2D eigenvalue weighted by Gasteiger charge is 2.32. The van der Waals surface area contributed by atoms with Crippen molar-refractivity contribution in [2.24, 2.45) is 0 Å². The van der Waals surface area contributed by atoms with E-state index in [1.54, 1.807) is 6.07 Å². The molecule has 132 valence electrons. The number of likely N-dealkylation sites (tertiary alicyclic amines) is 1. The maximum Gasteiger partial charge on any atom is 0.255 e. The minimum Gasteiger partial charge on any atom is -0.393 e. The van der Waals surface area contributed by atoms with Gasteiger partial charge in [-0.1, -0.05) is 30.3 Å². The summed E-state index contributed by atoms with van der Waals surface area (Å²) in [4.78, 5) is 14.5. The molecule has 0 spiro atoms. The normalized spacial score (nSPS) is 21.0. The Labute approximate surface area is 147 Å². The molecule has 2 aromatic rings. The molecule has 1 aliphatic heterocycles. The predicted molar refractivity (Wildman–Crippen MR) is 97.4 cm³/mol. The second-order valence-corrected chi connectivity index (χ2v) is 6.72. The number of anilines is 1. The van der Waals surface area contributed by atoms with Gasteiger partial charge in [-0.25, -0.2) is 0 Å². The molecule has 3 rings (SSSR count). The van der Waals surface area contributed by atoms with Crippen molar-refractivity contribution in [3.63, 3.8) is 0 Å². The SMILES string of the molecule is O=C(Nc1ccccc1)c1cccc(CN2CCCC(O)(CO)C2)c1. The first-order valence-electron chi connectivity index (χ1n) is 8.59. The molecule has 0 aliphatic carbocycles. The Morgan fingerprint density at radius 1 is 1.16 bits per heavy atom. The van der Waals surface area contributed by atoms with Gasteiger partial charge >= 0.3 is 0 Å². The van der Waals surface area contributed by atoms with Crippen molar-refractivity contribution in [2.75, 3.05) is 25.0 Å². The molecule has 0 aromatic heterocycles. The molecule has 0 radical (unpaired) electrons. The number of nitrogens with zero attached hydrogens (tertiary/aromatic N) is 1. The summed E-state index contributed by atoms with van der Waals surface area (Å²) < 4.78 is 0. The molecule has 1 atom stereocenters. The van der Waals surface area contributed by atoms with Crippen molar-refractivity contribution >= 4 is 11.6 Å².